The Kier molecular flexibility index (Phi) is 3.52. The van der Waals surface area contributed by atoms with Gasteiger partial charge in [-0.1, -0.05) is 13.0 Å². The van der Waals surface area contributed by atoms with E-state index >= 15 is 0 Å². The molecule has 3 aliphatic carbocycles. The van der Waals surface area contributed by atoms with Crippen LogP contribution in [0.4, 0.5) is 0 Å². The molecule has 5 atom stereocenters. The molecule has 3 aliphatic rings. The molecule has 134 valence electrons. The number of carbonyl (C=O) groups is 2. The van der Waals surface area contributed by atoms with E-state index in [4.69, 9.17) is 0 Å². The first kappa shape index (κ1) is 16.6. The van der Waals surface area contributed by atoms with E-state index < -0.39 is 17.0 Å². The van der Waals surface area contributed by atoms with Gasteiger partial charge in [-0.2, -0.15) is 0 Å². The number of Topliss-reactive ketones (excluding diaryl/α,β-unsaturated/α-hetero) is 1. The minimum absolute atomic E-state index is 0.0464. The Labute approximate surface area is 146 Å². The van der Waals surface area contributed by atoms with Crippen molar-refractivity contribution in [1.29, 1.82) is 0 Å². The van der Waals surface area contributed by atoms with Gasteiger partial charge >= 0.3 is 5.97 Å². The molecule has 1 aromatic carbocycles. The number of fused-ring (bicyclic) bond motifs is 5. The van der Waals surface area contributed by atoms with E-state index in [9.17, 15) is 24.9 Å². The van der Waals surface area contributed by atoms with Crippen LogP contribution in [0.1, 0.15) is 67.3 Å². The van der Waals surface area contributed by atoms with E-state index in [1.807, 2.05) is 13.0 Å². The van der Waals surface area contributed by atoms with Gasteiger partial charge in [0.15, 0.2) is 5.78 Å². The largest absolute Gasteiger partial charge is 0.508 e. The lowest BCUT2D eigenvalue weighted by atomic mass is 9.53. The topological polar surface area (TPSA) is 94.8 Å². The van der Waals surface area contributed by atoms with Crippen molar-refractivity contribution in [3.8, 4) is 5.75 Å². The van der Waals surface area contributed by atoms with Crippen LogP contribution >= 0.6 is 0 Å². The zero-order valence-corrected chi connectivity index (χ0v) is 14.4. The van der Waals surface area contributed by atoms with Gasteiger partial charge in [0, 0.05) is 17.4 Å². The van der Waals surface area contributed by atoms with Crippen LogP contribution < -0.4 is 0 Å². The quantitative estimate of drug-likeness (QED) is 0.766. The maximum Gasteiger partial charge on any atom is 0.306 e. The van der Waals surface area contributed by atoms with Gasteiger partial charge in [-0.3, -0.25) is 9.59 Å². The third kappa shape index (κ3) is 2.25. The first-order valence-electron chi connectivity index (χ1n) is 9.05. The van der Waals surface area contributed by atoms with Gasteiger partial charge in [0.1, 0.15) is 5.75 Å². The molecule has 2 saturated carbocycles. The third-order valence-electron chi connectivity index (χ3n) is 7.36. The second-order valence-electron chi connectivity index (χ2n) is 8.37. The van der Waals surface area contributed by atoms with Crippen LogP contribution in [0.2, 0.25) is 0 Å². The second kappa shape index (κ2) is 5.31. The Morgan fingerprint density at radius 1 is 1.28 bits per heavy atom. The number of phenolic OH excluding ortho intramolecular Hbond substituents is 1. The van der Waals surface area contributed by atoms with E-state index in [2.05, 4.69) is 0 Å². The first-order chi connectivity index (χ1) is 11.7. The molecule has 2 fully saturated rings. The zero-order chi connectivity index (χ0) is 18.0. The Balaban J connectivity index is 1.72. The molecule has 0 aromatic heterocycles. The molecule has 25 heavy (non-hydrogen) atoms. The van der Waals surface area contributed by atoms with Crippen molar-refractivity contribution in [1.82, 2.24) is 0 Å². The van der Waals surface area contributed by atoms with Crippen LogP contribution in [0, 0.1) is 17.3 Å². The van der Waals surface area contributed by atoms with Gasteiger partial charge in [0.2, 0.25) is 0 Å². The summed E-state index contributed by atoms with van der Waals surface area (Å²) in [5, 5.41) is 30.0. The van der Waals surface area contributed by atoms with Gasteiger partial charge in [-0.25, -0.2) is 0 Å². The number of ketones is 1. The molecule has 0 spiro atoms. The summed E-state index contributed by atoms with van der Waals surface area (Å²) >= 11 is 0. The number of hydrogen-bond donors (Lipinski definition) is 3. The number of benzene rings is 1. The van der Waals surface area contributed by atoms with Crippen molar-refractivity contribution in [3.05, 3.63) is 29.3 Å². The summed E-state index contributed by atoms with van der Waals surface area (Å²) in [7, 11) is 0. The summed E-state index contributed by atoms with van der Waals surface area (Å²) in [6.07, 6.45) is 3.05. The number of hydrogen-bond acceptors (Lipinski definition) is 4. The van der Waals surface area contributed by atoms with Crippen LogP contribution in [-0.2, 0) is 4.79 Å². The van der Waals surface area contributed by atoms with Gasteiger partial charge in [-0.15, -0.1) is 0 Å². The predicted molar refractivity (Wildman–Crippen MR) is 90.6 cm³/mol. The van der Waals surface area contributed by atoms with Gasteiger partial charge < -0.3 is 15.3 Å². The van der Waals surface area contributed by atoms with Crippen molar-refractivity contribution in [2.75, 3.05) is 0 Å². The number of carbonyl (C=O) groups excluding carboxylic acids is 1. The van der Waals surface area contributed by atoms with Crippen LogP contribution in [0.25, 0.3) is 0 Å². The summed E-state index contributed by atoms with van der Waals surface area (Å²) in [5.41, 5.74) is -0.00740. The Morgan fingerprint density at radius 2 is 2.04 bits per heavy atom. The fraction of sp³-hybridized carbons (Fsp3) is 0.600. The smallest absolute Gasteiger partial charge is 0.306 e. The molecule has 0 radical (unpaired) electrons. The van der Waals surface area contributed by atoms with E-state index in [1.54, 1.807) is 12.1 Å². The molecule has 0 heterocycles. The Hall–Kier alpha value is -1.88. The van der Waals surface area contributed by atoms with E-state index in [-0.39, 0.29) is 35.7 Å². The van der Waals surface area contributed by atoms with Gasteiger partial charge in [-0.05, 0) is 61.1 Å². The first-order valence-corrected chi connectivity index (χ1v) is 9.05. The minimum Gasteiger partial charge on any atom is -0.508 e. The van der Waals surface area contributed by atoms with Gasteiger partial charge in [0.25, 0.3) is 0 Å². The number of rotatable bonds is 2. The number of phenols is 1. The predicted octanol–water partition coefficient (Wildman–Crippen LogP) is 3.09. The lowest BCUT2D eigenvalue weighted by Crippen LogP contribution is -2.52. The van der Waals surface area contributed by atoms with Crippen molar-refractivity contribution in [3.63, 3.8) is 0 Å². The van der Waals surface area contributed by atoms with Crippen LogP contribution in [0.5, 0.6) is 5.75 Å². The molecule has 3 N–H and O–H groups in total. The van der Waals surface area contributed by atoms with Crippen molar-refractivity contribution >= 4 is 11.8 Å². The highest BCUT2D eigenvalue weighted by molar-refractivity contribution is 5.99. The van der Waals surface area contributed by atoms with Gasteiger partial charge in [0.05, 0.1) is 12.0 Å². The summed E-state index contributed by atoms with van der Waals surface area (Å²) in [4.78, 5) is 23.9. The van der Waals surface area contributed by atoms with Crippen LogP contribution in [-0.4, -0.2) is 32.7 Å². The van der Waals surface area contributed by atoms with Crippen LogP contribution in [0.15, 0.2) is 18.2 Å². The monoisotopic (exact) mass is 344 g/mol. The maximum atomic E-state index is 12.7. The summed E-state index contributed by atoms with van der Waals surface area (Å²) in [6, 6.07) is 5.06. The van der Waals surface area contributed by atoms with Crippen molar-refractivity contribution in [2.45, 2.75) is 57.0 Å². The molecule has 4 rings (SSSR count). The lowest BCUT2D eigenvalue weighted by Gasteiger charge is -2.52. The molecule has 0 saturated heterocycles. The molecule has 0 amide bonds. The summed E-state index contributed by atoms with van der Waals surface area (Å²) < 4.78 is 0. The molecular formula is C20H24O5. The molecule has 1 aromatic rings. The summed E-state index contributed by atoms with van der Waals surface area (Å²) in [5.74, 6) is -0.258. The SMILES string of the molecule is C[C@]12CC[C@@H]3c4ccc(O)cc4C(=O)C[C@H]3[C@@H]1CCC2(O)CC(=O)O. The number of aliphatic carboxylic acids is 1. The lowest BCUT2D eigenvalue weighted by molar-refractivity contribution is -0.153. The highest BCUT2D eigenvalue weighted by Crippen LogP contribution is 2.65. The standard InChI is InChI=1S/C20H24O5/c1-19-6-4-13-12-3-2-11(21)8-15(12)17(22)9-14(13)16(19)5-7-20(19,25)10-18(23)24/h2-3,8,13-14,16,21,25H,4-7,9-10H2,1H3,(H,23,24)/t13-,14-,16+,19+,20?/m1/s1. The van der Waals surface area contributed by atoms with Crippen LogP contribution in [0.3, 0.4) is 0 Å². The van der Waals surface area contributed by atoms with E-state index in [0.29, 0.717) is 18.4 Å². The second-order valence-corrected chi connectivity index (χ2v) is 8.37. The highest BCUT2D eigenvalue weighted by Gasteiger charge is 2.62. The molecule has 0 bridgehead atoms. The molecule has 0 aliphatic heterocycles. The number of carboxylic acid groups (broad SMARTS) is 1. The van der Waals surface area contributed by atoms with E-state index in [1.165, 1.54) is 0 Å². The number of carboxylic acids is 1. The van der Waals surface area contributed by atoms with Crippen molar-refractivity contribution < 1.29 is 24.9 Å². The maximum absolute atomic E-state index is 12.7. The third-order valence-corrected chi connectivity index (χ3v) is 7.36. The highest BCUT2D eigenvalue weighted by atomic mass is 16.4. The van der Waals surface area contributed by atoms with E-state index in [0.717, 1.165) is 24.8 Å². The average Bonchev–Trinajstić information content (AvgIpc) is 2.79. The molecule has 1 unspecified atom stereocenters. The normalized spacial score (nSPS) is 39.4. The molecular weight excluding hydrogens is 320 g/mol. The number of aromatic hydroxyl groups is 1. The average molecular weight is 344 g/mol. The number of aliphatic hydroxyl groups is 1. The molecule has 5 heteroatoms. The Morgan fingerprint density at radius 3 is 2.76 bits per heavy atom. The zero-order valence-electron chi connectivity index (χ0n) is 14.4. The minimum atomic E-state index is -1.19. The fourth-order valence-corrected chi connectivity index (χ4v) is 6.04. The molecule has 5 nitrogen and oxygen atoms in total. The van der Waals surface area contributed by atoms with Crippen molar-refractivity contribution in [2.24, 2.45) is 17.3 Å². The summed E-state index contributed by atoms with van der Waals surface area (Å²) in [6.45, 7) is 2.01. The Bertz CT molecular complexity index is 756. The fourth-order valence-electron chi connectivity index (χ4n) is 6.04.